The number of nitrogens with one attached hydrogen (secondary N) is 1. The second kappa shape index (κ2) is 7.65. The van der Waals surface area contributed by atoms with Crippen molar-refractivity contribution in [1.29, 1.82) is 0 Å². The van der Waals surface area contributed by atoms with E-state index < -0.39 is 0 Å². The van der Waals surface area contributed by atoms with Crippen LogP contribution in [0.4, 0.5) is 0 Å². The van der Waals surface area contributed by atoms with Crippen LogP contribution in [0, 0.1) is 5.92 Å². The van der Waals surface area contributed by atoms with Gasteiger partial charge in [0, 0.05) is 11.3 Å². The third-order valence-corrected chi connectivity index (χ3v) is 4.85. The van der Waals surface area contributed by atoms with Gasteiger partial charge in [0.05, 0.1) is 6.04 Å². The second-order valence-corrected chi connectivity index (χ2v) is 6.33. The van der Waals surface area contributed by atoms with Gasteiger partial charge in [-0.2, -0.15) is 0 Å². The summed E-state index contributed by atoms with van der Waals surface area (Å²) in [5.74, 6) is 0.802. The normalized spacial score (nSPS) is 17.5. The smallest absolute Gasteiger partial charge is 0.220 e. The minimum Gasteiger partial charge on any atom is -0.348 e. The van der Waals surface area contributed by atoms with Gasteiger partial charge < -0.3 is 11.1 Å². The predicted molar refractivity (Wildman–Crippen MR) is 80.1 cm³/mol. The van der Waals surface area contributed by atoms with Crippen LogP contribution in [0.15, 0.2) is 17.5 Å². The molecule has 1 aromatic rings. The summed E-state index contributed by atoms with van der Waals surface area (Å²) < 4.78 is 0. The Morgan fingerprint density at radius 3 is 2.84 bits per heavy atom. The summed E-state index contributed by atoms with van der Waals surface area (Å²) in [6, 6.07) is 4.45. The maximum atomic E-state index is 12.0. The molecule has 1 heterocycles. The minimum absolute atomic E-state index is 0.179. The lowest BCUT2D eigenvalue weighted by Crippen LogP contribution is -2.32. The number of nitrogens with two attached hydrogens (primary N) is 1. The highest BCUT2D eigenvalue weighted by Gasteiger charge is 2.28. The fraction of sp³-hybridized carbons (Fsp3) is 0.667. The van der Waals surface area contributed by atoms with Crippen molar-refractivity contribution in [2.45, 2.75) is 51.0 Å². The lowest BCUT2D eigenvalue weighted by Gasteiger charge is -2.23. The van der Waals surface area contributed by atoms with Crippen molar-refractivity contribution in [3.8, 4) is 0 Å². The second-order valence-electron chi connectivity index (χ2n) is 5.35. The highest BCUT2D eigenvalue weighted by atomic mass is 32.1. The van der Waals surface area contributed by atoms with Gasteiger partial charge in [-0.3, -0.25) is 4.79 Å². The molecular formula is C15H24N2OS. The number of rotatable bonds is 7. The Bertz CT molecular complexity index is 372. The van der Waals surface area contributed by atoms with E-state index in [-0.39, 0.29) is 11.9 Å². The number of hydrogen-bond acceptors (Lipinski definition) is 3. The lowest BCUT2D eigenvalue weighted by atomic mass is 9.96. The summed E-state index contributed by atoms with van der Waals surface area (Å²) in [6.45, 7) is 0.671. The summed E-state index contributed by atoms with van der Waals surface area (Å²) in [6.07, 6.45) is 7.51. The first-order valence-corrected chi connectivity index (χ1v) is 8.22. The van der Waals surface area contributed by atoms with Crippen LogP contribution in [0.1, 0.15) is 55.9 Å². The standard InChI is InChI=1S/C15H24N2OS/c16-10-4-3-9-14(18)17-15(12-6-1-2-7-12)13-8-5-11-19-13/h5,8,11-12,15H,1-4,6-7,9-10,16H2,(H,17,18). The molecule has 2 rings (SSSR count). The molecule has 0 aromatic carbocycles. The van der Waals surface area contributed by atoms with Crippen LogP contribution in [0.2, 0.25) is 0 Å². The Kier molecular flexibility index (Phi) is 5.86. The van der Waals surface area contributed by atoms with Gasteiger partial charge in [-0.15, -0.1) is 11.3 Å². The van der Waals surface area contributed by atoms with Crippen molar-refractivity contribution in [3.05, 3.63) is 22.4 Å². The van der Waals surface area contributed by atoms with Crippen molar-refractivity contribution < 1.29 is 4.79 Å². The predicted octanol–water partition coefficient (Wildman–Crippen LogP) is 3.22. The molecule has 1 aromatic heterocycles. The third kappa shape index (κ3) is 4.32. The highest BCUT2D eigenvalue weighted by molar-refractivity contribution is 7.10. The molecule has 106 valence electrons. The van der Waals surface area contributed by atoms with Gasteiger partial charge >= 0.3 is 0 Å². The van der Waals surface area contributed by atoms with Crippen molar-refractivity contribution in [1.82, 2.24) is 5.32 Å². The molecule has 1 fully saturated rings. The molecule has 1 aliphatic rings. The van der Waals surface area contributed by atoms with E-state index in [9.17, 15) is 4.79 Å². The number of hydrogen-bond donors (Lipinski definition) is 2. The SMILES string of the molecule is NCCCCC(=O)NC(c1cccs1)C1CCCC1. The maximum Gasteiger partial charge on any atom is 0.220 e. The molecule has 3 nitrogen and oxygen atoms in total. The average molecular weight is 280 g/mol. The zero-order chi connectivity index (χ0) is 13.5. The molecule has 19 heavy (non-hydrogen) atoms. The van der Waals surface area contributed by atoms with Crippen LogP contribution in [0.25, 0.3) is 0 Å². The molecule has 0 radical (unpaired) electrons. The maximum absolute atomic E-state index is 12.0. The van der Waals surface area contributed by atoms with Crippen molar-refractivity contribution >= 4 is 17.2 Å². The molecular weight excluding hydrogens is 256 g/mol. The number of unbranched alkanes of at least 4 members (excludes halogenated alkanes) is 1. The first-order valence-electron chi connectivity index (χ1n) is 7.34. The van der Waals surface area contributed by atoms with Crippen LogP contribution < -0.4 is 11.1 Å². The molecule has 1 atom stereocenters. The quantitative estimate of drug-likeness (QED) is 0.753. The van der Waals surface area contributed by atoms with E-state index in [1.54, 1.807) is 11.3 Å². The number of thiophene rings is 1. The van der Waals surface area contributed by atoms with Crippen molar-refractivity contribution in [3.63, 3.8) is 0 Å². The van der Waals surface area contributed by atoms with Crippen LogP contribution in [0.3, 0.4) is 0 Å². The van der Waals surface area contributed by atoms with Gasteiger partial charge in [0.15, 0.2) is 0 Å². The Morgan fingerprint density at radius 2 is 2.21 bits per heavy atom. The molecule has 3 N–H and O–H groups in total. The molecule has 0 aliphatic heterocycles. The van der Waals surface area contributed by atoms with E-state index >= 15 is 0 Å². The summed E-state index contributed by atoms with van der Waals surface area (Å²) in [5.41, 5.74) is 5.46. The Morgan fingerprint density at radius 1 is 1.42 bits per heavy atom. The van der Waals surface area contributed by atoms with Gasteiger partial charge in [0.1, 0.15) is 0 Å². The topological polar surface area (TPSA) is 55.1 Å². The molecule has 0 bridgehead atoms. The van der Waals surface area contributed by atoms with E-state index in [0.717, 1.165) is 12.8 Å². The largest absolute Gasteiger partial charge is 0.348 e. The zero-order valence-electron chi connectivity index (χ0n) is 11.4. The molecule has 0 saturated heterocycles. The van der Waals surface area contributed by atoms with Gasteiger partial charge in [-0.25, -0.2) is 0 Å². The lowest BCUT2D eigenvalue weighted by molar-refractivity contribution is -0.122. The number of amides is 1. The summed E-state index contributed by atoms with van der Waals surface area (Å²) in [7, 11) is 0. The summed E-state index contributed by atoms with van der Waals surface area (Å²) in [4.78, 5) is 13.3. The molecule has 1 aliphatic carbocycles. The molecule has 1 saturated carbocycles. The first kappa shape index (κ1) is 14.5. The monoisotopic (exact) mass is 280 g/mol. The van der Waals surface area contributed by atoms with E-state index in [1.807, 2.05) is 0 Å². The van der Waals surface area contributed by atoms with Gasteiger partial charge in [0.2, 0.25) is 5.91 Å². The van der Waals surface area contributed by atoms with Crippen molar-refractivity contribution in [2.24, 2.45) is 11.7 Å². The van der Waals surface area contributed by atoms with E-state index in [1.165, 1.54) is 30.6 Å². The highest BCUT2D eigenvalue weighted by Crippen LogP contribution is 2.37. The first-order chi connectivity index (χ1) is 9.31. The fourth-order valence-electron chi connectivity index (χ4n) is 2.86. The molecule has 0 spiro atoms. The van der Waals surface area contributed by atoms with Crippen LogP contribution in [0.5, 0.6) is 0 Å². The van der Waals surface area contributed by atoms with Crippen LogP contribution in [-0.2, 0) is 4.79 Å². The zero-order valence-corrected chi connectivity index (χ0v) is 12.3. The number of carbonyl (C=O) groups excluding carboxylic acids is 1. The average Bonchev–Trinajstić information content (AvgIpc) is 3.09. The van der Waals surface area contributed by atoms with Gasteiger partial charge in [0.25, 0.3) is 0 Å². The Hall–Kier alpha value is -0.870. The van der Waals surface area contributed by atoms with E-state index in [2.05, 4.69) is 22.8 Å². The molecule has 1 amide bonds. The van der Waals surface area contributed by atoms with Crippen LogP contribution in [-0.4, -0.2) is 12.5 Å². The van der Waals surface area contributed by atoms with E-state index in [0.29, 0.717) is 18.9 Å². The Balaban J connectivity index is 1.92. The van der Waals surface area contributed by atoms with Crippen molar-refractivity contribution in [2.75, 3.05) is 6.54 Å². The third-order valence-electron chi connectivity index (χ3n) is 3.90. The van der Waals surface area contributed by atoms with E-state index in [4.69, 9.17) is 5.73 Å². The number of carbonyl (C=O) groups is 1. The molecule has 1 unspecified atom stereocenters. The van der Waals surface area contributed by atoms with Gasteiger partial charge in [-0.1, -0.05) is 18.9 Å². The fourth-order valence-corrected chi connectivity index (χ4v) is 3.73. The van der Waals surface area contributed by atoms with Crippen LogP contribution >= 0.6 is 11.3 Å². The Labute approximate surface area is 119 Å². The summed E-state index contributed by atoms with van der Waals surface area (Å²) >= 11 is 1.75. The summed E-state index contributed by atoms with van der Waals surface area (Å²) in [5, 5.41) is 5.35. The van der Waals surface area contributed by atoms with Gasteiger partial charge in [-0.05, 0) is 49.6 Å². The molecule has 4 heteroatoms. The minimum atomic E-state index is 0.179.